The van der Waals surface area contributed by atoms with Gasteiger partial charge in [0.1, 0.15) is 16.3 Å². The minimum Gasteiger partial charge on any atom is -0.147 e. The van der Waals surface area contributed by atoms with Crippen molar-refractivity contribution in [1.29, 1.82) is 0 Å². The van der Waals surface area contributed by atoms with Gasteiger partial charge in [0, 0.05) is 0 Å². The third-order valence-electron chi connectivity index (χ3n) is 1.36. The monoisotopic (exact) mass is 204 g/mol. The van der Waals surface area contributed by atoms with Crippen molar-refractivity contribution in [2.24, 2.45) is 0 Å². The molecule has 0 heterocycles. The van der Waals surface area contributed by atoms with Crippen LogP contribution in [0.2, 0.25) is 0 Å². The SMILES string of the molecule is Cc1ccc([CH2][Al])cc1.Cl.Cl. The lowest BCUT2D eigenvalue weighted by molar-refractivity contribution is 1.36. The van der Waals surface area contributed by atoms with Crippen LogP contribution in [0.3, 0.4) is 0 Å². The van der Waals surface area contributed by atoms with Crippen molar-refractivity contribution in [3.8, 4) is 0 Å². The Kier molecular flexibility index (Phi) is 8.85. The van der Waals surface area contributed by atoms with E-state index < -0.39 is 0 Å². The van der Waals surface area contributed by atoms with Crippen LogP contribution >= 0.6 is 24.8 Å². The average molecular weight is 205 g/mol. The minimum atomic E-state index is 0. The normalized spacial score (nSPS) is 7.73. The first-order valence-corrected chi connectivity index (χ1v) is 3.90. The molecule has 0 N–H and O–H groups in total. The molecule has 0 bridgehead atoms. The van der Waals surface area contributed by atoms with Gasteiger partial charge in [-0.05, 0) is 6.92 Å². The predicted octanol–water partition coefficient (Wildman–Crippen LogP) is 2.51. The lowest BCUT2D eigenvalue weighted by Crippen LogP contribution is -1.81. The van der Waals surface area contributed by atoms with Crippen molar-refractivity contribution in [2.75, 3.05) is 0 Å². The van der Waals surface area contributed by atoms with E-state index >= 15 is 0 Å². The van der Waals surface area contributed by atoms with Gasteiger partial charge in [-0.25, -0.2) is 0 Å². The second-order valence-electron chi connectivity index (χ2n) is 2.19. The molecule has 0 spiro atoms. The summed E-state index contributed by atoms with van der Waals surface area (Å²) in [6, 6.07) is 8.59. The molecular weight excluding hydrogens is 194 g/mol. The predicted molar refractivity (Wildman–Crippen MR) is 55.1 cm³/mol. The van der Waals surface area contributed by atoms with E-state index in [1.54, 1.807) is 0 Å². The fourth-order valence-electron chi connectivity index (χ4n) is 0.724. The highest BCUT2D eigenvalue weighted by Crippen LogP contribution is 2.01. The van der Waals surface area contributed by atoms with Gasteiger partial charge in [0.2, 0.25) is 0 Å². The molecule has 0 amide bonds. The first-order valence-electron chi connectivity index (χ1n) is 3.08. The average Bonchev–Trinajstić information content (AvgIpc) is 1.90. The molecule has 0 atom stereocenters. The number of aryl methyl sites for hydroxylation is 1. The summed E-state index contributed by atoms with van der Waals surface area (Å²) in [6.07, 6.45) is 0. The molecule has 0 unspecified atom stereocenters. The summed E-state index contributed by atoms with van der Waals surface area (Å²) >= 11 is 2.71. The smallest absolute Gasteiger partial charge is 0.125 e. The summed E-state index contributed by atoms with van der Waals surface area (Å²) in [7, 11) is 0. The number of halogens is 2. The van der Waals surface area contributed by atoms with Crippen LogP contribution in [-0.4, -0.2) is 16.3 Å². The third kappa shape index (κ3) is 4.72. The van der Waals surface area contributed by atoms with Crippen molar-refractivity contribution in [3.05, 3.63) is 35.4 Å². The zero-order chi connectivity index (χ0) is 6.69. The van der Waals surface area contributed by atoms with Crippen LogP contribution in [0.1, 0.15) is 11.1 Å². The molecule has 1 rings (SSSR count). The topological polar surface area (TPSA) is 0 Å². The van der Waals surface area contributed by atoms with E-state index in [0.717, 1.165) is 5.28 Å². The Bertz CT molecular complexity index is 184. The standard InChI is InChI=1S/C8H9.Al.2ClH/c1-7-3-5-8(2)6-4-7;;;/h3-6H,1H2,2H3;;2*1H. The van der Waals surface area contributed by atoms with Gasteiger partial charge in [0.05, 0.1) is 0 Å². The molecule has 0 aliphatic carbocycles. The van der Waals surface area contributed by atoms with Gasteiger partial charge in [-0.2, -0.15) is 0 Å². The molecule has 0 aliphatic heterocycles. The molecule has 2 radical (unpaired) electrons. The number of hydrogen-bond acceptors (Lipinski definition) is 0. The van der Waals surface area contributed by atoms with E-state index in [2.05, 4.69) is 47.5 Å². The molecule has 60 valence electrons. The first kappa shape index (κ1) is 13.9. The van der Waals surface area contributed by atoms with Crippen molar-refractivity contribution in [3.63, 3.8) is 0 Å². The Balaban J connectivity index is 0. The molecule has 1 aromatic carbocycles. The molecule has 0 aliphatic rings. The Labute approximate surface area is 88.6 Å². The Hall–Kier alpha value is 0.332. The van der Waals surface area contributed by atoms with Crippen LogP contribution in [0.4, 0.5) is 0 Å². The number of hydrogen-bond donors (Lipinski definition) is 0. The molecule has 11 heavy (non-hydrogen) atoms. The Morgan fingerprint density at radius 2 is 1.55 bits per heavy atom. The summed E-state index contributed by atoms with van der Waals surface area (Å²) in [5.74, 6) is 0. The fraction of sp³-hybridized carbons (Fsp3) is 0.250. The van der Waals surface area contributed by atoms with Gasteiger partial charge in [-0.15, -0.1) is 24.8 Å². The van der Waals surface area contributed by atoms with E-state index in [1.807, 2.05) is 0 Å². The minimum absolute atomic E-state index is 0. The van der Waals surface area contributed by atoms with E-state index in [0.29, 0.717) is 0 Å². The van der Waals surface area contributed by atoms with Crippen LogP contribution in [0.5, 0.6) is 0 Å². The summed E-state index contributed by atoms with van der Waals surface area (Å²) in [6.45, 7) is 2.10. The fourth-order valence-corrected chi connectivity index (χ4v) is 0.996. The largest absolute Gasteiger partial charge is 0.147 e. The maximum atomic E-state index is 2.71. The van der Waals surface area contributed by atoms with Crippen LogP contribution in [0, 0.1) is 6.92 Å². The highest BCUT2D eigenvalue weighted by atomic mass is 35.5. The van der Waals surface area contributed by atoms with E-state index in [4.69, 9.17) is 0 Å². The van der Waals surface area contributed by atoms with Crippen molar-refractivity contribution in [2.45, 2.75) is 12.2 Å². The Morgan fingerprint density at radius 3 is 1.91 bits per heavy atom. The van der Waals surface area contributed by atoms with Gasteiger partial charge in [-0.1, -0.05) is 40.7 Å². The maximum Gasteiger partial charge on any atom is 0.125 e. The second-order valence-corrected chi connectivity index (χ2v) is 2.60. The molecular formula is C8H11AlCl2. The zero-order valence-corrected chi connectivity index (χ0v) is 9.20. The summed E-state index contributed by atoms with van der Waals surface area (Å²) in [5.41, 5.74) is 2.71. The quantitative estimate of drug-likeness (QED) is 0.618. The van der Waals surface area contributed by atoms with Gasteiger partial charge < -0.3 is 0 Å². The third-order valence-corrected chi connectivity index (χ3v) is 1.83. The molecule has 0 aromatic heterocycles. The summed E-state index contributed by atoms with van der Waals surface area (Å²) < 4.78 is 0. The lowest BCUT2D eigenvalue weighted by Gasteiger charge is -1.95. The van der Waals surface area contributed by atoms with Crippen molar-refractivity contribution < 1.29 is 0 Å². The molecule has 0 nitrogen and oxygen atoms in total. The summed E-state index contributed by atoms with van der Waals surface area (Å²) in [4.78, 5) is 0. The highest BCUT2D eigenvalue weighted by molar-refractivity contribution is 6.08. The lowest BCUT2D eigenvalue weighted by atomic mass is 10.2. The van der Waals surface area contributed by atoms with Crippen LogP contribution < -0.4 is 0 Å². The number of rotatable bonds is 1. The van der Waals surface area contributed by atoms with E-state index in [1.165, 1.54) is 11.1 Å². The maximum absolute atomic E-state index is 2.71. The Morgan fingerprint density at radius 1 is 1.09 bits per heavy atom. The first-order chi connectivity index (χ1) is 4.33. The van der Waals surface area contributed by atoms with E-state index in [9.17, 15) is 0 Å². The highest BCUT2D eigenvalue weighted by Gasteiger charge is 1.84. The van der Waals surface area contributed by atoms with Crippen LogP contribution in [-0.2, 0) is 5.28 Å². The molecule has 0 saturated carbocycles. The molecule has 0 saturated heterocycles. The summed E-state index contributed by atoms with van der Waals surface area (Å²) in [5, 5.41) is 1.06. The van der Waals surface area contributed by atoms with Crippen LogP contribution in [0.25, 0.3) is 0 Å². The zero-order valence-electron chi connectivity index (χ0n) is 6.41. The second kappa shape index (κ2) is 7.01. The van der Waals surface area contributed by atoms with Gasteiger partial charge in [0.15, 0.2) is 0 Å². The van der Waals surface area contributed by atoms with Gasteiger partial charge in [0.25, 0.3) is 0 Å². The van der Waals surface area contributed by atoms with E-state index in [-0.39, 0.29) is 24.8 Å². The number of benzene rings is 1. The van der Waals surface area contributed by atoms with Crippen molar-refractivity contribution in [1.82, 2.24) is 0 Å². The molecule has 0 fully saturated rings. The van der Waals surface area contributed by atoms with Crippen LogP contribution in [0.15, 0.2) is 24.3 Å². The van der Waals surface area contributed by atoms with Crippen molar-refractivity contribution >= 4 is 41.1 Å². The molecule has 1 aromatic rings. The van der Waals surface area contributed by atoms with Gasteiger partial charge >= 0.3 is 0 Å². The van der Waals surface area contributed by atoms with Gasteiger partial charge in [-0.3, -0.25) is 0 Å². The molecule has 3 heteroatoms.